The molecule has 100 heavy (non-hydrogen) atoms. The molecule has 0 fully saturated rings. The fraction of sp³-hybridized carbons (Fsp3) is 0. The highest BCUT2D eigenvalue weighted by Gasteiger charge is 2.25. The largest absolute Gasteiger partial charge is 0.309 e. The minimum absolute atomic E-state index is 0.391. The highest BCUT2D eigenvalue weighted by atomic mass is 32.1. The van der Waals surface area contributed by atoms with Gasteiger partial charge in [-0.2, -0.15) is 0 Å². The maximum Gasteiger partial charge on any atom is 0.201 e. The molecule has 0 spiro atoms. The normalized spacial score (nSPS) is 11.8. The lowest BCUT2D eigenvalue weighted by molar-refractivity contribution is 1.04. The summed E-state index contributed by atoms with van der Waals surface area (Å²) in [5.41, 5.74) is 19.1. The lowest BCUT2D eigenvalue weighted by Crippen LogP contribution is -2.03. The number of hydrogen-bond acceptors (Lipinski definition) is 11. The second-order valence-electron chi connectivity index (χ2n) is 24.8. The Morgan fingerprint density at radius 2 is 0.610 bits per heavy atom. The molecule has 13 heteroatoms. The molecule has 11 nitrogen and oxygen atoms in total. The Balaban J connectivity index is 0.706. The van der Waals surface area contributed by atoms with Crippen molar-refractivity contribution in [2.45, 2.75) is 0 Å². The SMILES string of the molecule is c1ccc(-c2cc(-c3ccc4c(c3)c3ccccc3n4-c3ccccc3)nc(-c3nc(-c4ccccc4)c4sc5ccc(-c6cccc(-n7c8ccccc8c8cc(-c9nc(-c%10ccccc%10)nc(-c%10nc(-c%11ccccc%11)c%11sc%12ccccc%12c%11n%10)n9)ccc87)c6)cc5c4n3)n2)cc1. The van der Waals surface area contributed by atoms with E-state index in [0.29, 0.717) is 34.9 Å². The van der Waals surface area contributed by atoms with Crippen LogP contribution in [0.3, 0.4) is 0 Å². The number of aromatic nitrogens is 11. The van der Waals surface area contributed by atoms with Gasteiger partial charge in [0.05, 0.1) is 65.3 Å². The van der Waals surface area contributed by atoms with Gasteiger partial charge in [-0.25, -0.2) is 44.9 Å². The van der Waals surface area contributed by atoms with E-state index in [4.69, 9.17) is 44.9 Å². The van der Waals surface area contributed by atoms with Gasteiger partial charge in [0.25, 0.3) is 0 Å². The smallest absolute Gasteiger partial charge is 0.201 e. The van der Waals surface area contributed by atoms with Gasteiger partial charge in [0, 0.05) is 86.5 Å². The van der Waals surface area contributed by atoms with Crippen LogP contribution in [0.5, 0.6) is 0 Å². The molecular weight excluding hydrogens is 1260 g/mol. The molecule has 0 saturated carbocycles. The monoisotopic (exact) mass is 1310 g/mol. The first kappa shape index (κ1) is 57.2. The van der Waals surface area contributed by atoms with Crippen LogP contribution >= 0.6 is 22.7 Å². The van der Waals surface area contributed by atoms with Crippen molar-refractivity contribution in [3.8, 4) is 114 Å². The molecule has 0 unspecified atom stereocenters. The zero-order valence-corrected chi connectivity index (χ0v) is 54.8. The van der Waals surface area contributed by atoms with Gasteiger partial charge in [0.15, 0.2) is 29.1 Å². The second-order valence-corrected chi connectivity index (χ2v) is 26.9. The topological polar surface area (TPSA) is 126 Å². The van der Waals surface area contributed by atoms with E-state index in [-0.39, 0.29) is 0 Å². The Hall–Kier alpha value is -13.1. The molecule has 0 bridgehead atoms. The molecule has 466 valence electrons. The van der Waals surface area contributed by atoms with Crippen molar-refractivity contribution in [3.63, 3.8) is 0 Å². The molecular formula is C87H51N11S2. The van der Waals surface area contributed by atoms with Gasteiger partial charge < -0.3 is 9.13 Å². The number of fused-ring (bicyclic) bond motifs is 12. The van der Waals surface area contributed by atoms with Crippen LogP contribution < -0.4 is 0 Å². The lowest BCUT2D eigenvalue weighted by atomic mass is 10.0. The highest BCUT2D eigenvalue weighted by Crippen LogP contribution is 2.45. The predicted molar refractivity (Wildman–Crippen MR) is 410 cm³/mol. The molecule has 0 radical (unpaired) electrons. The van der Waals surface area contributed by atoms with E-state index in [0.717, 1.165) is 163 Å². The van der Waals surface area contributed by atoms with Crippen LogP contribution in [0, 0.1) is 0 Å². The molecule has 0 amide bonds. The molecule has 0 aliphatic carbocycles. The molecule has 0 atom stereocenters. The predicted octanol–water partition coefficient (Wildman–Crippen LogP) is 22.2. The Labute approximate surface area is 580 Å². The average Bonchev–Trinajstić information content (AvgIpc) is 1.56. The molecule has 8 aromatic heterocycles. The zero-order valence-electron chi connectivity index (χ0n) is 53.2. The van der Waals surface area contributed by atoms with Crippen LogP contribution in [0.4, 0.5) is 0 Å². The third kappa shape index (κ3) is 9.65. The van der Waals surface area contributed by atoms with Crippen LogP contribution in [0.25, 0.3) is 198 Å². The zero-order chi connectivity index (χ0) is 65.8. The number of para-hydroxylation sites is 3. The molecule has 0 N–H and O–H groups in total. The third-order valence-corrected chi connectivity index (χ3v) is 21.2. The maximum absolute atomic E-state index is 5.53. The first-order valence-corrected chi connectivity index (χ1v) is 34.7. The summed E-state index contributed by atoms with van der Waals surface area (Å²) in [7, 11) is 0. The van der Waals surface area contributed by atoms with E-state index in [1.165, 1.54) is 0 Å². The Kier molecular flexibility index (Phi) is 13.4. The summed E-state index contributed by atoms with van der Waals surface area (Å²) in [5, 5.41) is 6.54. The van der Waals surface area contributed by atoms with E-state index in [2.05, 4.69) is 246 Å². The Morgan fingerprint density at radius 1 is 0.210 bits per heavy atom. The molecule has 0 saturated heterocycles. The first-order chi connectivity index (χ1) is 49.5. The number of rotatable bonds is 11. The van der Waals surface area contributed by atoms with Crippen LogP contribution in [0.2, 0.25) is 0 Å². The summed E-state index contributed by atoms with van der Waals surface area (Å²) < 4.78 is 8.94. The van der Waals surface area contributed by atoms with E-state index in [9.17, 15) is 0 Å². The molecule has 20 aromatic rings. The fourth-order valence-electron chi connectivity index (χ4n) is 14.2. The van der Waals surface area contributed by atoms with E-state index in [1.54, 1.807) is 22.7 Å². The maximum atomic E-state index is 5.53. The lowest BCUT2D eigenvalue weighted by Gasteiger charge is -2.12. The van der Waals surface area contributed by atoms with Crippen molar-refractivity contribution < 1.29 is 0 Å². The molecule has 0 aliphatic rings. The van der Waals surface area contributed by atoms with Crippen molar-refractivity contribution in [2.75, 3.05) is 0 Å². The highest BCUT2D eigenvalue weighted by molar-refractivity contribution is 7.26. The van der Waals surface area contributed by atoms with Gasteiger partial charge in [-0.15, -0.1) is 22.7 Å². The summed E-state index contributed by atoms with van der Waals surface area (Å²) in [5.74, 6) is 2.75. The quantitative estimate of drug-likeness (QED) is 0.124. The fourth-order valence-corrected chi connectivity index (χ4v) is 16.5. The first-order valence-electron chi connectivity index (χ1n) is 33.1. The van der Waals surface area contributed by atoms with Crippen LogP contribution in [-0.2, 0) is 0 Å². The minimum Gasteiger partial charge on any atom is -0.309 e. The summed E-state index contributed by atoms with van der Waals surface area (Å²) in [6.07, 6.45) is 0. The van der Waals surface area contributed by atoms with E-state index >= 15 is 0 Å². The Morgan fingerprint density at radius 3 is 1.24 bits per heavy atom. The van der Waals surface area contributed by atoms with Crippen molar-refractivity contribution >= 4 is 107 Å². The summed E-state index contributed by atoms with van der Waals surface area (Å²) >= 11 is 3.41. The minimum atomic E-state index is 0.391. The van der Waals surface area contributed by atoms with Gasteiger partial charge in [-0.3, -0.25) is 0 Å². The molecule has 20 rings (SSSR count). The average molecular weight is 1310 g/mol. The van der Waals surface area contributed by atoms with Gasteiger partial charge in [0.2, 0.25) is 5.82 Å². The van der Waals surface area contributed by atoms with Crippen molar-refractivity contribution in [1.82, 2.24) is 54.0 Å². The number of benzene rings is 12. The Bertz CT molecular complexity index is 6650. The van der Waals surface area contributed by atoms with Crippen molar-refractivity contribution in [1.29, 1.82) is 0 Å². The standard InChI is InChI=1S/C87H51N11S2/c1-6-23-52(24-7-1)68-51-69(58-41-44-72-65(49-58)62-35-16-19-38-70(62)97(72)60-32-14-5-15-33-60)89-84(88-68)85-90-77(54-27-10-3-11-28-54)81-79(93-85)67-48-57(43-46-75(67)100-81)56-31-22-34-61(47-56)98-71-39-20-17-36-63(71)66-50-59(42-45-73(66)98)83-94-82(55-29-12-4-13-30-55)95-87(96-83)86-91-76(53-25-8-2-9-26-53)80-78(92-86)64-37-18-21-40-74(64)99-80/h1-51H. The van der Waals surface area contributed by atoms with Gasteiger partial charge in [-0.05, 0) is 102 Å². The van der Waals surface area contributed by atoms with Crippen LogP contribution in [0.15, 0.2) is 309 Å². The number of nitrogens with zero attached hydrogens (tertiary/aromatic N) is 11. The summed E-state index contributed by atoms with van der Waals surface area (Å²) in [4.78, 5) is 47.9. The van der Waals surface area contributed by atoms with Crippen LogP contribution in [-0.4, -0.2) is 54.0 Å². The van der Waals surface area contributed by atoms with Gasteiger partial charge in [0.1, 0.15) is 0 Å². The number of hydrogen-bond donors (Lipinski definition) is 0. The number of thiophene rings is 2. The van der Waals surface area contributed by atoms with E-state index < -0.39 is 0 Å². The van der Waals surface area contributed by atoms with Gasteiger partial charge >= 0.3 is 0 Å². The molecule has 8 heterocycles. The summed E-state index contributed by atoms with van der Waals surface area (Å²) in [6.45, 7) is 0. The molecule has 0 aliphatic heterocycles. The third-order valence-electron chi connectivity index (χ3n) is 18.8. The summed E-state index contributed by atoms with van der Waals surface area (Å²) in [6, 6.07) is 108. The van der Waals surface area contributed by atoms with Gasteiger partial charge in [-0.1, -0.05) is 218 Å². The molecule has 12 aromatic carbocycles. The second kappa shape index (κ2) is 23.3. The van der Waals surface area contributed by atoms with E-state index in [1.807, 2.05) is 72.8 Å². The van der Waals surface area contributed by atoms with Crippen LogP contribution in [0.1, 0.15) is 0 Å². The van der Waals surface area contributed by atoms with Crippen molar-refractivity contribution in [2.24, 2.45) is 0 Å². The van der Waals surface area contributed by atoms with Crippen molar-refractivity contribution in [3.05, 3.63) is 309 Å².